The third-order valence-electron chi connectivity index (χ3n) is 4.58. The summed E-state index contributed by atoms with van der Waals surface area (Å²) in [7, 11) is -3.87. The molecule has 0 aliphatic rings. The summed E-state index contributed by atoms with van der Waals surface area (Å²) in [4.78, 5) is 17.1. The van der Waals surface area contributed by atoms with Gasteiger partial charge in [0.1, 0.15) is 5.15 Å². The fourth-order valence-electron chi connectivity index (χ4n) is 3.00. The number of carbonyl (C=O) groups is 1. The van der Waals surface area contributed by atoms with E-state index in [0.29, 0.717) is 28.0 Å². The van der Waals surface area contributed by atoms with E-state index < -0.39 is 19.4 Å². The summed E-state index contributed by atoms with van der Waals surface area (Å²) in [5.74, 6) is -2.13. The molecule has 0 saturated heterocycles. The Morgan fingerprint density at radius 3 is 2.33 bits per heavy atom. The smallest absolute Gasteiger partial charge is 0.375 e. The van der Waals surface area contributed by atoms with Gasteiger partial charge in [-0.1, -0.05) is 46.6 Å². The second-order valence-electron chi connectivity index (χ2n) is 6.85. The lowest BCUT2D eigenvalue weighted by Gasteiger charge is -2.26. The molecule has 1 aromatic carbocycles. The van der Waals surface area contributed by atoms with E-state index in [0.717, 1.165) is 5.56 Å². The molecule has 12 heteroatoms. The molecule has 1 atom stereocenters. The summed E-state index contributed by atoms with van der Waals surface area (Å²) in [5.41, 5.74) is 1.68. The van der Waals surface area contributed by atoms with Gasteiger partial charge < -0.3 is 13.8 Å². The second kappa shape index (κ2) is 11.2. The summed E-state index contributed by atoms with van der Waals surface area (Å²) in [6, 6.07) is 9.85. The van der Waals surface area contributed by atoms with Crippen LogP contribution in [0.25, 0.3) is 0 Å². The van der Waals surface area contributed by atoms with E-state index in [-0.39, 0.29) is 18.9 Å². The number of pyridine rings is 1. The van der Waals surface area contributed by atoms with E-state index in [2.05, 4.69) is 15.3 Å². The van der Waals surface area contributed by atoms with Gasteiger partial charge in [0.15, 0.2) is 5.69 Å². The molecular weight excluding hydrogens is 490 g/mol. The maximum absolute atomic E-state index is 13.5. The fraction of sp³-hybridized carbons (Fsp3) is 0.333. The van der Waals surface area contributed by atoms with Crippen LogP contribution < -0.4 is 0 Å². The highest BCUT2D eigenvalue weighted by molar-refractivity contribution is 7.54. The van der Waals surface area contributed by atoms with Gasteiger partial charge in [-0.3, -0.25) is 4.57 Å². The largest absolute Gasteiger partial charge is 0.440 e. The third-order valence-corrected chi connectivity index (χ3v) is 7.27. The van der Waals surface area contributed by atoms with E-state index >= 15 is 0 Å². The molecule has 0 radical (unpaired) electrons. The van der Waals surface area contributed by atoms with Crippen molar-refractivity contribution in [2.24, 2.45) is 0 Å². The van der Waals surface area contributed by atoms with Crippen LogP contribution in [0.1, 0.15) is 47.0 Å². The van der Waals surface area contributed by atoms with Crippen LogP contribution in [0.4, 0.5) is 0 Å². The molecular formula is C21H23Cl2N4O5P. The zero-order chi connectivity index (χ0) is 24.0. The number of hydrogen-bond acceptors (Lipinski definition) is 8. The number of ether oxygens (including phenoxy) is 1. The van der Waals surface area contributed by atoms with Crippen molar-refractivity contribution in [1.82, 2.24) is 20.0 Å². The molecule has 3 aromatic rings. The molecule has 3 rings (SSSR count). The normalized spacial score (nSPS) is 12.5. The molecule has 2 aromatic heterocycles. The predicted octanol–water partition coefficient (Wildman–Crippen LogP) is 5.46. The lowest BCUT2D eigenvalue weighted by molar-refractivity contribution is 0.0356. The van der Waals surface area contributed by atoms with E-state index in [9.17, 15) is 9.36 Å². The van der Waals surface area contributed by atoms with Crippen LogP contribution in [0.3, 0.4) is 0 Å². The monoisotopic (exact) mass is 512 g/mol. The maximum Gasteiger partial charge on any atom is 0.375 e. The zero-order valence-electron chi connectivity index (χ0n) is 18.3. The molecule has 0 N–H and O–H groups in total. The third kappa shape index (κ3) is 6.19. The number of rotatable bonds is 10. The zero-order valence-corrected chi connectivity index (χ0v) is 20.7. The Morgan fingerprint density at radius 2 is 1.76 bits per heavy atom. The average molecular weight is 513 g/mol. The molecule has 0 amide bonds. The highest BCUT2D eigenvalue weighted by Gasteiger charge is 2.41. The predicted molar refractivity (Wildman–Crippen MR) is 124 cm³/mol. The minimum atomic E-state index is -3.87. The van der Waals surface area contributed by atoms with E-state index in [1.165, 1.54) is 4.68 Å². The summed E-state index contributed by atoms with van der Waals surface area (Å²) in [6.07, 6.45) is 1.61. The number of halogens is 2. The molecule has 9 nitrogen and oxygen atoms in total. The molecule has 0 aliphatic carbocycles. The van der Waals surface area contributed by atoms with Crippen molar-refractivity contribution >= 4 is 36.8 Å². The van der Waals surface area contributed by atoms with Crippen molar-refractivity contribution in [2.45, 2.75) is 33.2 Å². The Labute approximate surface area is 201 Å². The van der Waals surface area contributed by atoms with Crippen LogP contribution in [-0.4, -0.2) is 39.2 Å². The van der Waals surface area contributed by atoms with Crippen molar-refractivity contribution in [2.75, 3.05) is 13.2 Å². The maximum atomic E-state index is 13.5. The first-order chi connectivity index (χ1) is 15.8. The summed E-state index contributed by atoms with van der Waals surface area (Å²) < 4.78 is 31.6. The van der Waals surface area contributed by atoms with Gasteiger partial charge in [0, 0.05) is 16.8 Å². The van der Waals surface area contributed by atoms with Crippen LogP contribution in [0.15, 0.2) is 42.6 Å². The molecule has 0 bridgehead atoms. The van der Waals surface area contributed by atoms with Crippen molar-refractivity contribution in [3.05, 3.63) is 75.3 Å². The van der Waals surface area contributed by atoms with E-state index in [4.69, 9.17) is 37.0 Å². The Balaban J connectivity index is 1.89. The first-order valence-corrected chi connectivity index (χ1v) is 12.5. The Morgan fingerprint density at radius 1 is 1.09 bits per heavy atom. The lowest BCUT2D eigenvalue weighted by Crippen LogP contribution is -2.16. The Hall–Kier alpha value is -2.29. The van der Waals surface area contributed by atoms with Gasteiger partial charge in [0.05, 0.1) is 25.5 Å². The summed E-state index contributed by atoms with van der Waals surface area (Å²) in [6.45, 7) is 5.56. The van der Waals surface area contributed by atoms with Crippen molar-refractivity contribution in [3.63, 3.8) is 0 Å². The van der Waals surface area contributed by atoms with Crippen molar-refractivity contribution in [3.8, 4) is 0 Å². The first-order valence-electron chi connectivity index (χ1n) is 10.1. The standard InChI is InChI=1S/C21H23Cl2N4O5P/c1-4-30-33(29,31-5-2)21(16-7-9-17(22)10-8-16)32-20(28)19-14(3)27(26-25-19)13-15-6-11-18(23)24-12-15/h6-12,21H,4-5,13H2,1-3H3. The van der Waals surface area contributed by atoms with Gasteiger partial charge >= 0.3 is 13.6 Å². The highest BCUT2D eigenvalue weighted by Crippen LogP contribution is 2.61. The van der Waals surface area contributed by atoms with Crippen molar-refractivity contribution in [1.29, 1.82) is 0 Å². The van der Waals surface area contributed by atoms with Crippen LogP contribution in [0.5, 0.6) is 0 Å². The Bertz CT molecular complexity index is 1130. The molecule has 0 fully saturated rings. The number of benzene rings is 1. The van der Waals surface area contributed by atoms with E-state index in [1.807, 2.05) is 0 Å². The number of nitrogens with zero attached hydrogens (tertiary/aromatic N) is 4. The minimum Gasteiger partial charge on any atom is -0.440 e. The number of esters is 1. The summed E-state index contributed by atoms with van der Waals surface area (Å²) in [5, 5.41) is 8.85. The fourth-order valence-corrected chi connectivity index (χ4v) is 5.07. The molecule has 0 saturated carbocycles. The van der Waals surface area contributed by atoms with Crippen LogP contribution in [0.2, 0.25) is 10.2 Å². The average Bonchev–Trinajstić information content (AvgIpc) is 3.14. The quantitative estimate of drug-likeness (QED) is 0.200. The minimum absolute atomic E-state index is 0.0181. The number of aromatic nitrogens is 4. The summed E-state index contributed by atoms with van der Waals surface area (Å²) >= 11 is 11.8. The van der Waals surface area contributed by atoms with Crippen LogP contribution in [0, 0.1) is 6.92 Å². The highest BCUT2D eigenvalue weighted by atomic mass is 35.5. The van der Waals surface area contributed by atoms with Crippen LogP contribution in [-0.2, 0) is 24.9 Å². The lowest BCUT2D eigenvalue weighted by atomic mass is 10.2. The van der Waals surface area contributed by atoms with Gasteiger partial charge in [0.25, 0.3) is 0 Å². The SMILES string of the molecule is CCOP(=O)(OCC)C(OC(=O)c1nnn(Cc2ccc(Cl)nc2)c1C)c1ccc(Cl)cc1. The first kappa shape index (κ1) is 25.3. The van der Waals surface area contributed by atoms with Crippen molar-refractivity contribution < 1.29 is 23.1 Å². The molecule has 33 heavy (non-hydrogen) atoms. The van der Waals surface area contributed by atoms with Gasteiger partial charge in [0.2, 0.25) is 5.85 Å². The van der Waals surface area contributed by atoms with Crippen LogP contribution >= 0.6 is 30.8 Å². The van der Waals surface area contributed by atoms with E-state index in [1.54, 1.807) is 63.4 Å². The molecule has 1 unspecified atom stereocenters. The molecule has 0 aliphatic heterocycles. The Kier molecular flexibility index (Phi) is 8.62. The van der Waals surface area contributed by atoms with Gasteiger partial charge in [-0.2, -0.15) is 0 Å². The number of carbonyl (C=O) groups excluding carboxylic acids is 1. The number of hydrogen-bond donors (Lipinski definition) is 0. The molecule has 0 spiro atoms. The molecule has 2 heterocycles. The second-order valence-corrected chi connectivity index (χ2v) is 9.74. The van der Waals surface area contributed by atoms with Gasteiger partial charge in [-0.05, 0) is 44.5 Å². The molecule has 176 valence electrons. The topological polar surface area (TPSA) is 105 Å². The van der Waals surface area contributed by atoms with Gasteiger partial charge in [-0.15, -0.1) is 5.10 Å². The van der Waals surface area contributed by atoms with Gasteiger partial charge in [-0.25, -0.2) is 14.5 Å².